The lowest BCUT2D eigenvalue weighted by Crippen LogP contribution is -2.44. The summed E-state index contributed by atoms with van der Waals surface area (Å²) in [7, 11) is 0. The highest BCUT2D eigenvalue weighted by molar-refractivity contribution is 5.85. The summed E-state index contributed by atoms with van der Waals surface area (Å²) in [6.07, 6.45) is 3.07. The van der Waals surface area contributed by atoms with Gasteiger partial charge in [0.25, 0.3) is 0 Å². The molecular weight excluding hydrogens is 224 g/mol. The molecule has 3 nitrogen and oxygen atoms in total. The first-order valence-corrected chi connectivity index (χ1v) is 6.41. The number of piperidine rings is 1. The molecule has 1 aromatic rings. The van der Waals surface area contributed by atoms with E-state index in [4.69, 9.17) is 0 Å². The number of nitrogens with zero attached hydrogens (tertiary/aromatic N) is 2. The topological polar surface area (TPSA) is 44.1 Å². The molecule has 1 saturated heterocycles. The number of carbonyl (C=O) groups is 1. The molecule has 1 aliphatic heterocycles. The van der Waals surface area contributed by atoms with Crippen LogP contribution < -0.4 is 4.90 Å². The lowest BCUT2D eigenvalue weighted by atomic mass is 9.97. The highest BCUT2D eigenvalue weighted by Crippen LogP contribution is 2.28. The van der Waals surface area contributed by atoms with Crippen molar-refractivity contribution in [3.63, 3.8) is 0 Å². The van der Waals surface area contributed by atoms with Crippen molar-refractivity contribution >= 4 is 11.5 Å². The first-order valence-electron chi connectivity index (χ1n) is 6.41. The van der Waals surface area contributed by atoms with E-state index in [1.807, 2.05) is 25.1 Å². The van der Waals surface area contributed by atoms with Crippen molar-refractivity contribution in [2.24, 2.45) is 0 Å². The zero-order valence-corrected chi connectivity index (χ0v) is 10.9. The molecule has 1 heterocycles. The molecule has 0 bridgehead atoms. The van der Waals surface area contributed by atoms with E-state index in [2.05, 4.69) is 11.0 Å². The fourth-order valence-corrected chi connectivity index (χ4v) is 2.63. The Balaban J connectivity index is 2.40. The fourth-order valence-electron chi connectivity index (χ4n) is 2.63. The molecule has 0 aliphatic carbocycles. The van der Waals surface area contributed by atoms with Crippen LogP contribution in [0.3, 0.4) is 0 Å². The molecule has 2 rings (SSSR count). The number of Topliss-reactive ketones (excluding diaryl/α,β-unsaturated/α-hetero) is 1. The summed E-state index contributed by atoms with van der Waals surface area (Å²) in [6, 6.07) is 8.04. The quantitative estimate of drug-likeness (QED) is 0.801. The number of nitriles is 1. The van der Waals surface area contributed by atoms with Crippen molar-refractivity contribution < 1.29 is 4.79 Å². The molecule has 1 aliphatic rings. The van der Waals surface area contributed by atoms with E-state index in [0.717, 1.165) is 37.1 Å². The van der Waals surface area contributed by atoms with Gasteiger partial charge in [-0.25, -0.2) is 0 Å². The van der Waals surface area contributed by atoms with Crippen LogP contribution >= 0.6 is 0 Å². The van der Waals surface area contributed by atoms with Crippen LogP contribution in [0.5, 0.6) is 0 Å². The highest BCUT2D eigenvalue weighted by Gasteiger charge is 2.27. The average molecular weight is 242 g/mol. The lowest BCUT2D eigenvalue weighted by Gasteiger charge is -2.36. The molecule has 0 amide bonds. The number of benzene rings is 1. The second kappa shape index (κ2) is 5.22. The summed E-state index contributed by atoms with van der Waals surface area (Å²) >= 11 is 0. The number of hydrogen-bond acceptors (Lipinski definition) is 3. The largest absolute Gasteiger partial charge is 0.360 e. The smallest absolute Gasteiger partial charge is 0.152 e. The monoisotopic (exact) mass is 242 g/mol. The van der Waals surface area contributed by atoms with Crippen LogP contribution in [0, 0.1) is 18.3 Å². The molecule has 94 valence electrons. The molecule has 0 N–H and O–H groups in total. The third-order valence-electron chi connectivity index (χ3n) is 3.55. The van der Waals surface area contributed by atoms with Crippen molar-refractivity contribution in [3.8, 4) is 6.07 Å². The summed E-state index contributed by atoms with van der Waals surface area (Å²) in [5, 5.41) is 9.24. The second-order valence-electron chi connectivity index (χ2n) is 4.95. The Kier molecular flexibility index (Phi) is 3.66. The van der Waals surface area contributed by atoms with Gasteiger partial charge in [-0.3, -0.25) is 4.79 Å². The maximum atomic E-state index is 11.7. The van der Waals surface area contributed by atoms with E-state index in [1.54, 1.807) is 6.92 Å². The Morgan fingerprint density at radius 2 is 2.22 bits per heavy atom. The molecule has 1 aromatic carbocycles. The number of rotatable bonds is 2. The SMILES string of the molecule is CC(=O)C1CCCCN1c1ccc(C)cc1C#N. The lowest BCUT2D eigenvalue weighted by molar-refractivity contribution is -0.118. The normalized spacial score (nSPS) is 19.4. The Morgan fingerprint density at radius 3 is 2.89 bits per heavy atom. The van der Waals surface area contributed by atoms with Gasteiger partial charge < -0.3 is 4.90 Å². The average Bonchev–Trinajstić information content (AvgIpc) is 2.38. The minimum Gasteiger partial charge on any atom is -0.360 e. The minimum absolute atomic E-state index is 0.0615. The van der Waals surface area contributed by atoms with Gasteiger partial charge in [0, 0.05) is 6.54 Å². The van der Waals surface area contributed by atoms with Crippen LogP contribution in [0.4, 0.5) is 5.69 Å². The van der Waals surface area contributed by atoms with E-state index in [9.17, 15) is 10.1 Å². The van der Waals surface area contributed by atoms with Gasteiger partial charge in [0.05, 0.1) is 17.3 Å². The van der Waals surface area contributed by atoms with E-state index in [-0.39, 0.29) is 11.8 Å². The fraction of sp³-hybridized carbons (Fsp3) is 0.467. The van der Waals surface area contributed by atoms with Crippen LogP contribution in [-0.4, -0.2) is 18.4 Å². The zero-order valence-electron chi connectivity index (χ0n) is 10.9. The predicted molar refractivity (Wildman–Crippen MR) is 71.6 cm³/mol. The summed E-state index contributed by atoms with van der Waals surface area (Å²) in [5.41, 5.74) is 2.65. The van der Waals surface area contributed by atoms with Crippen molar-refractivity contribution in [3.05, 3.63) is 29.3 Å². The Hall–Kier alpha value is -1.82. The van der Waals surface area contributed by atoms with Gasteiger partial charge in [-0.15, -0.1) is 0 Å². The summed E-state index contributed by atoms with van der Waals surface area (Å²) in [4.78, 5) is 13.8. The summed E-state index contributed by atoms with van der Waals surface area (Å²) in [5.74, 6) is 0.194. The van der Waals surface area contributed by atoms with Crippen LogP contribution in [0.2, 0.25) is 0 Å². The number of carbonyl (C=O) groups excluding carboxylic acids is 1. The van der Waals surface area contributed by atoms with E-state index >= 15 is 0 Å². The Morgan fingerprint density at radius 1 is 1.44 bits per heavy atom. The third-order valence-corrected chi connectivity index (χ3v) is 3.55. The van der Waals surface area contributed by atoms with Crippen LogP contribution in [0.1, 0.15) is 37.3 Å². The molecule has 18 heavy (non-hydrogen) atoms. The zero-order chi connectivity index (χ0) is 13.1. The molecule has 0 spiro atoms. The molecule has 0 saturated carbocycles. The summed E-state index contributed by atoms with van der Waals surface area (Å²) < 4.78 is 0. The third kappa shape index (κ3) is 2.38. The van der Waals surface area contributed by atoms with Crippen molar-refractivity contribution in [1.29, 1.82) is 5.26 Å². The maximum absolute atomic E-state index is 11.7. The van der Waals surface area contributed by atoms with Crippen molar-refractivity contribution in [1.82, 2.24) is 0 Å². The van der Waals surface area contributed by atoms with E-state index in [0.29, 0.717) is 5.56 Å². The van der Waals surface area contributed by atoms with Crippen LogP contribution in [-0.2, 0) is 4.79 Å². The Labute approximate surface area is 108 Å². The number of anilines is 1. The molecule has 1 unspecified atom stereocenters. The molecule has 0 aromatic heterocycles. The second-order valence-corrected chi connectivity index (χ2v) is 4.95. The van der Waals surface area contributed by atoms with E-state index in [1.165, 1.54) is 0 Å². The molecule has 1 atom stereocenters. The Bertz CT molecular complexity index is 502. The number of aryl methyl sites for hydroxylation is 1. The van der Waals surface area contributed by atoms with Gasteiger partial charge in [0.15, 0.2) is 5.78 Å². The van der Waals surface area contributed by atoms with Gasteiger partial charge in [0.1, 0.15) is 6.07 Å². The van der Waals surface area contributed by atoms with Gasteiger partial charge >= 0.3 is 0 Å². The predicted octanol–water partition coefficient (Wildman–Crippen LogP) is 2.81. The van der Waals surface area contributed by atoms with Gasteiger partial charge in [-0.05, 0) is 50.8 Å². The molecular formula is C15H18N2O. The van der Waals surface area contributed by atoms with Crippen molar-refractivity contribution in [2.45, 2.75) is 39.2 Å². The number of ketones is 1. The molecule has 1 fully saturated rings. The van der Waals surface area contributed by atoms with Crippen LogP contribution in [0.25, 0.3) is 0 Å². The highest BCUT2D eigenvalue weighted by atomic mass is 16.1. The minimum atomic E-state index is -0.0615. The first kappa shape index (κ1) is 12.6. The first-order chi connectivity index (χ1) is 8.63. The van der Waals surface area contributed by atoms with Crippen LogP contribution in [0.15, 0.2) is 18.2 Å². The molecule has 3 heteroatoms. The molecule has 0 radical (unpaired) electrons. The summed E-state index contributed by atoms with van der Waals surface area (Å²) in [6.45, 7) is 4.48. The van der Waals surface area contributed by atoms with Gasteiger partial charge in [0.2, 0.25) is 0 Å². The maximum Gasteiger partial charge on any atom is 0.152 e. The standard InChI is InChI=1S/C15H18N2O/c1-11-6-7-15(13(9-11)10-16)17-8-4-3-5-14(17)12(2)18/h6-7,9,14H,3-5,8H2,1-2H3. The number of hydrogen-bond donors (Lipinski definition) is 0. The van der Waals surface area contributed by atoms with Gasteiger partial charge in [-0.2, -0.15) is 5.26 Å². The van der Waals surface area contributed by atoms with Crippen molar-refractivity contribution in [2.75, 3.05) is 11.4 Å². The van der Waals surface area contributed by atoms with Gasteiger partial charge in [-0.1, -0.05) is 6.07 Å². The van der Waals surface area contributed by atoms with E-state index < -0.39 is 0 Å².